The minimum absolute atomic E-state index is 0.0962. The molecule has 0 amide bonds. The molecule has 4 nitrogen and oxygen atoms in total. The molecule has 2 atom stereocenters. The topological polar surface area (TPSA) is 43.5 Å². The van der Waals surface area contributed by atoms with Crippen LogP contribution in [0.5, 0.6) is 11.5 Å². The largest absolute Gasteiger partial charge is 0.491 e. The van der Waals surface area contributed by atoms with Crippen molar-refractivity contribution in [2.24, 2.45) is 0 Å². The molecule has 0 radical (unpaired) electrons. The molecule has 2 saturated heterocycles. The molecule has 0 saturated carbocycles. The fraction of sp³-hybridized carbons (Fsp3) is 0.333. The van der Waals surface area contributed by atoms with E-state index in [1.54, 1.807) is 0 Å². The van der Waals surface area contributed by atoms with E-state index >= 15 is 0 Å². The zero-order chi connectivity index (χ0) is 21.5. The van der Waals surface area contributed by atoms with Gasteiger partial charge in [0.25, 0.3) is 0 Å². The highest BCUT2D eigenvalue weighted by Gasteiger charge is 2.40. The van der Waals surface area contributed by atoms with Crippen molar-refractivity contribution >= 4 is 0 Å². The monoisotopic (exact) mass is 416 g/mol. The second-order valence-corrected chi connectivity index (χ2v) is 9.14. The third-order valence-corrected chi connectivity index (χ3v) is 5.93. The Balaban J connectivity index is 1.24. The summed E-state index contributed by atoms with van der Waals surface area (Å²) in [6.45, 7) is 8.97. The van der Waals surface area contributed by atoms with Crippen LogP contribution in [0.2, 0.25) is 0 Å². The second kappa shape index (κ2) is 7.70. The van der Waals surface area contributed by atoms with E-state index in [0.29, 0.717) is 13.2 Å². The molecule has 2 aliphatic rings. The molecule has 2 heterocycles. The molecule has 0 aliphatic carbocycles. The van der Waals surface area contributed by atoms with Gasteiger partial charge in [-0.15, -0.1) is 0 Å². The van der Waals surface area contributed by atoms with Gasteiger partial charge in [0.05, 0.1) is 13.2 Å². The Morgan fingerprint density at radius 2 is 1.13 bits per heavy atom. The molecule has 2 aliphatic heterocycles. The Kier molecular flexibility index (Phi) is 4.99. The van der Waals surface area contributed by atoms with Crippen LogP contribution in [0.1, 0.15) is 19.4 Å². The van der Waals surface area contributed by atoms with Crippen LogP contribution in [-0.2, 0) is 9.47 Å². The zero-order valence-electron chi connectivity index (χ0n) is 18.3. The molecule has 5 rings (SSSR count). The summed E-state index contributed by atoms with van der Waals surface area (Å²) >= 11 is 0. The summed E-state index contributed by atoms with van der Waals surface area (Å²) in [4.78, 5) is 0. The number of epoxide rings is 2. The predicted octanol–water partition coefficient (Wildman–Crippen LogP) is 5.66. The Morgan fingerprint density at radius 3 is 1.65 bits per heavy atom. The van der Waals surface area contributed by atoms with Crippen molar-refractivity contribution in [2.75, 3.05) is 26.4 Å². The summed E-state index contributed by atoms with van der Waals surface area (Å²) in [6, 6.07) is 23.2. The zero-order valence-corrected chi connectivity index (χ0v) is 18.3. The van der Waals surface area contributed by atoms with Crippen LogP contribution in [0.25, 0.3) is 22.3 Å². The van der Waals surface area contributed by atoms with Crippen LogP contribution in [0.3, 0.4) is 0 Å². The number of benzene rings is 3. The highest BCUT2D eigenvalue weighted by molar-refractivity contribution is 5.71. The molecule has 0 spiro atoms. The van der Waals surface area contributed by atoms with Gasteiger partial charge < -0.3 is 18.9 Å². The van der Waals surface area contributed by atoms with E-state index in [1.807, 2.05) is 12.1 Å². The van der Waals surface area contributed by atoms with Gasteiger partial charge in [-0.05, 0) is 72.9 Å². The molecule has 3 aromatic carbocycles. The van der Waals surface area contributed by atoms with E-state index in [4.69, 9.17) is 18.9 Å². The van der Waals surface area contributed by atoms with E-state index in [1.165, 1.54) is 22.3 Å². The fourth-order valence-electron chi connectivity index (χ4n) is 3.47. The van der Waals surface area contributed by atoms with Crippen LogP contribution in [0.15, 0.2) is 66.7 Å². The van der Waals surface area contributed by atoms with E-state index < -0.39 is 0 Å². The molecule has 160 valence electrons. The van der Waals surface area contributed by atoms with E-state index in [9.17, 15) is 0 Å². The van der Waals surface area contributed by atoms with Crippen LogP contribution in [0.4, 0.5) is 0 Å². The molecule has 31 heavy (non-hydrogen) atoms. The number of hydrogen-bond donors (Lipinski definition) is 0. The standard InChI is InChI=1S/C27H28O4/c1-19-14-23(10-13-25(19)29-16-27(3)18-31-27)22-6-4-20(5-7-22)21-8-11-24(12-9-21)28-15-26(2)17-30-26/h4-14H,15-18H2,1-3H3. The number of aryl methyl sites for hydroxylation is 1. The summed E-state index contributed by atoms with van der Waals surface area (Å²) in [5.74, 6) is 1.79. The first kappa shape index (κ1) is 20.1. The normalized spacial score (nSPS) is 24.0. The molecule has 4 heteroatoms. The first-order valence-electron chi connectivity index (χ1n) is 10.8. The minimum Gasteiger partial charge on any atom is -0.491 e. The Bertz CT molecular complexity index is 1060. The Hall–Kier alpha value is -2.82. The quantitative estimate of drug-likeness (QED) is 0.444. The Morgan fingerprint density at radius 1 is 0.677 bits per heavy atom. The van der Waals surface area contributed by atoms with Crippen molar-refractivity contribution in [3.8, 4) is 33.8 Å². The first-order chi connectivity index (χ1) is 14.9. The summed E-state index contributed by atoms with van der Waals surface area (Å²) in [5, 5.41) is 0. The predicted molar refractivity (Wildman–Crippen MR) is 122 cm³/mol. The minimum atomic E-state index is -0.102. The fourth-order valence-corrected chi connectivity index (χ4v) is 3.47. The average Bonchev–Trinajstić information content (AvgIpc) is 3.71. The number of rotatable bonds is 8. The lowest BCUT2D eigenvalue weighted by Crippen LogP contribution is -2.17. The van der Waals surface area contributed by atoms with Crippen molar-refractivity contribution in [3.63, 3.8) is 0 Å². The van der Waals surface area contributed by atoms with Gasteiger partial charge in [0.2, 0.25) is 0 Å². The SMILES string of the molecule is Cc1cc(-c2ccc(-c3ccc(OCC4(C)CO4)cc3)cc2)ccc1OCC1(C)CO1. The lowest BCUT2D eigenvalue weighted by Gasteiger charge is -2.13. The van der Waals surface area contributed by atoms with Crippen molar-refractivity contribution in [3.05, 3.63) is 72.3 Å². The summed E-state index contributed by atoms with van der Waals surface area (Å²) in [5.41, 5.74) is 5.66. The van der Waals surface area contributed by atoms with Gasteiger partial charge in [-0.25, -0.2) is 0 Å². The second-order valence-electron chi connectivity index (χ2n) is 9.14. The van der Waals surface area contributed by atoms with Crippen molar-refractivity contribution < 1.29 is 18.9 Å². The van der Waals surface area contributed by atoms with E-state index in [2.05, 4.69) is 75.4 Å². The maximum atomic E-state index is 5.94. The van der Waals surface area contributed by atoms with Gasteiger partial charge in [-0.2, -0.15) is 0 Å². The number of hydrogen-bond acceptors (Lipinski definition) is 4. The summed E-state index contributed by atoms with van der Waals surface area (Å²) in [7, 11) is 0. The lowest BCUT2D eigenvalue weighted by atomic mass is 9.99. The third-order valence-electron chi connectivity index (χ3n) is 5.93. The van der Waals surface area contributed by atoms with E-state index in [-0.39, 0.29) is 11.2 Å². The maximum absolute atomic E-state index is 5.94. The van der Waals surface area contributed by atoms with Gasteiger partial charge >= 0.3 is 0 Å². The number of ether oxygens (including phenoxy) is 4. The van der Waals surface area contributed by atoms with Crippen LogP contribution in [0, 0.1) is 6.92 Å². The van der Waals surface area contributed by atoms with Crippen molar-refractivity contribution in [1.82, 2.24) is 0 Å². The molecule has 0 bridgehead atoms. The molecule has 2 unspecified atom stereocenters. The van der Waals surface area contributed by atoms with Gasteiger partial charge in [0.1, 0.15) is 35.9 Å². The third kappa shape index (κ3) is 4.76. The highest BCUT2D eigenvalue weighted by atomic mass is 16.6. The highest BCUT2D eigenvalue weighted by Crippen LogP contribution is 2.32. The molecule has 2 fully saturated rings. The average molecular weight is 417 g/mol. The maximum Gasteiger partial charge on any atom is 0.123 e. The van der Waals surface area contributed by atoms with Crippen LogP contribution < -0.4 is 9.47 Å². The Labute approximate surface area is 183 Å². The van der Waals surface area contributed by atoms with Crippen LogP contribution in [-0.4, -0.2) is 37.6 Å². The molecular weight excluding hydrogens is 388 g/mol. The van der Waals surface area contributed by atoms with Crippen LogP contribution >= 0.6 is 0 Å². The molecule has 3 aromatic rings. The van der Waals surface area contributed by atoms with E-state index in [0.717, 1.165) is 30.3 Å². The van der Waals surface area contributed by atoms with Gasteiger partial charge in [0, 0.05) is 0 Å². The first-order valence-corrected chi connectivity index (χ1v) is 10.8. The van der Waals surface area contributed by atoms with Gasteiger partial charge in [-0.1, -0.05) is 42.5 Å². The summed E-state index contributed by atoms with van der Waals surface area (Å²) in [6.07, 6.45) is 0. The van der Waals surface area contributed by atoms with Crippen molar-refractivity contribution in [1.29, 1.82) is 0 Å². The molecule has 0 aromatic heterocycles. The molecular formula is C27H28O4. The van der Waals surface area contributed by atoms with Gasteiger partial charge in [0.15, 0.2) is 0 Å². The summed E-state index contributed by atoms with van der Waals surface area (Å²) < 4.78 is 22.5. The molecule has 0 N–H and O–H groups in total. The lowest BCUT2D eigenvalue weighted by molar-refractivity contribution is 0.201. The van der Waals surface area contributed by atoms with Crippen molar-refractivity contribution in [2.45, 2.75) is 32.0 Å². The smallest absolute Gasteiger partial charge is 0.123 e. The van der Waals surface area contributed by atoms with Gasteiger partial charge in [-0.3, -0.25) is 0 Å².